The number of carboxylic acids is 1. The summed E-state index contributed by atoms with van der Waals surface area (Å²) < 4.78 is 1.50. The molecule has 5 heterocycles. The summed E-state index contributed by atoms with van der Waals surface area (Å²) in [4.78, 5) is 51.9. The lowest BCUT2D eigenvalue weighted by atomic mass is 9.94. The molecule has 2 saturated heterocycles. The molecular weight excluding hydrogens is 642 g/mol. The molecular formula is C40H43N7O4. The Kier molecular flexibility index (Phi) is 9.66. The van der Waals surface area contributed by atoms with Crippen molar-refractivity contribution in [3.05, 3.63) is 111 Å². The van der Waals surface area contributed by atoms with Crippen LogP contribution in [0, 0.1) is 19.8 Å². The first-order valence-electron chi connectivity index (χ1n) is 17.5. The molecule has 2 aromatic carbocycles. The fourth-order valence-electron chi connectivity index (χ4n) is 7.39. The first-order chi connectivity index (χ1) is 24.6. The summed E-state index contributed by atoms with van der Waals surface area (Å²) in [5.41, 5.74) is 7.90. The van der Waals surface area contributed by atoms with Crippen LogP contribution < -0.4 is 16.2 Å². The predicted octanol–water partition coefficient (Wildman–Crippen LogP) is 6.11. The summed E-state index contributed by atoms with van der Waals surface area (Å²) in [5.74, 6) is -0.834. The zero-order valence-electron chi connectivity index (χ0n) is 29.3. The molecule has 0 saturated carbocycles. The van der Waals surface area contributed by atoms with Crippen LogP contribution >= 0.6 is 0 Å². The summed E-state index contributed by atoms with van der Waals surface area (Å²) in [5, 5.41) is 16.8. The van der Waals surface area contributed by atoms with Crippen molar-refractivity contribution in [1.82, 2.24) is 24.3 Å². The summed E-state index contributed by atoms with van der Waals surface area (Å²) in [6.45, 7) is 8.76. The number of rotatable bonds is 10. The van der Waals surface area contributed by atoms with Gasteiger partial charge in [-0.15, -0.1) is 0 Å². The third kappa shape index (κ3) is 7.26. The quantitative estimate of drug-likeness (QED) is 0.159. The number of amides is 1. The Labute approximate surface area is 297 Å². The maximum absolute atomic E-state index is 13.6. The molecule has 11 heteroatoms. The molecule has 0 radical (unpaired) electrons. The van der Waals surface area contributed by atoms with E-state index in [1.165, 1.54) is 17.4 Å². The molecule has 0 aliphatic carbocycles. The van der Waals surface area contributed by atoms with Crippen molar-refractivity contribution in [1.29, 1.82) is 0 Å². The van der Waals surface area contributed by atoms with Gasteiger partial charge in [0.15, 0.2) is 5.82 Å². The molecule has 0 unspecified atom stereocenters. The molecule has 1 amide bonds. The second kappa shape index (κ2) is 14.5. The largest absolute Gasteiger partial charge is 0.481 e. The number of aryl methyl sites for hydroxylation is 1. The molecule has 2 aliphatic rings. The monoisotopic (exact) mass is 685 g/mol. The van der Waals surface area contributed by atoms with Gasteiger partial charge in [0.2, 0.25) is 0 Å². The SMILES string of the molecule is Cc1c(NC(=O)c2cc(CN3CCCC3)cn(C)c2=O)cccc1-c1cccc(Nc2nccc3cc(CN4CC[C@@H](C(=O)O)C4)cnc23)c1C. The molecule has 0 bridgehead atoms. The lowest BCUT2D eigenvalue weighted by Gasteiger charge is -2.18. The van der Waals surface area contributed by atoms with E-state index in [-0.39, 0.29) is 17.0 Å². The summed E-state index contributed by atoms with van der Waals surface area (Å²) >= 11 is 0. The van der Waals surface area contributed by atoms with Gasteiger partial charge in [0.25, 0.3) is 11.5 Å². The van der Waals surface area contributed by atoms with E-state index in [1.54, 1.807) is 19.3 Å². The smallest absolute Gasteiger partial charge is 0.307 e. The number of likely N-dealkylation sites (tertiary alicyclic amines) is 2. The Balaban J connectivity index is 1.11. The Bertz CT molecular complexity index is 2190. The number of nitrogens with zero attached hydrogens (tertiary/aromatic N) is 5. The van der Waals surface area contributed by atoms with Crippen LogP contribution in [0.4, 0.5) is 17.2 Å². The van der Waals surface area contributed by atoms with E-state index in [1.807, 2.05) is 55.7 Å². The highest BCUT2D eigenvalue weighted by Gasteiger charge is 2.28. The minimum Gasteiger partial charge on any atom is -0.481 e. The Hall–Kier alpha value is -5.39. The van der Waals surface area contributed by atoms with E-state index >= 15 is 0 Å². The fourth-order valence-corrected chi connectivity index (χ4v) is 7.39. The number of nitrogens with one attached hydrogen (secondary N) is 2. The van der Waals surface area contributed by atoms with E-state index in [0.717, 1.165) is 69.6 Å². The second-order valence-electron chi connectivity index (χ2n) is 13.8. The number of benzene rings is 2. The van der Waals surface area contributed by atoms with Gasteiger partial charge in [0, 0.05) is 62.0 Å². The lowest BCUT2D eigenvalue weighted by Crippen LogP contribution is -2.29. The van der Waals surface area contributed by atoms with Crippen LogP contribution in [-0.4, -0.2) is 67.5 Å². The van der Waals surface area contributed by atoms with Crippen molar-refractivity contribution >= 4 is 40.0 Å². The highest BCUT2D eigenvalue weighted by Crippen LogP contribution is 2.35. The van der Waals surface area contributed by atoms with Gasteiger partial charge in [0.05, 0.1) is 5.92 Å². The molecule has 262 valence electrons. The zero-order chi connectivity index (χ0) is 35.6. The highest BCUT2D eigenvalue weighted by atomic mass is 16.4. The average Bonchev–Trinajstić information content (AvgIpc) is 3.81. The van der Waals surface area contributed by atoms with Gasteiger partial charge in [-0.2, -0.15) is 0 Å². The van der Waals surface area contributed by atoms with E-state index < -0.39 is 11.9 Å². The normalized spacial score (nSPS) is 16.5. The van der Waals surface area contributed by atoms with Crippen molar-refractivity contribution in [2.24, 2.45) is 13.0 Å². The Morgan fingerprint density at radius 2 is 1.59 bits per heavy atom. The second-order valence-corrected chi connectivity index (χ2v) is 13.8. The topological polar surface area (TPSA) is 133 Å². The number of carboxylic acid groups (broad SMARTS) is 1. The van der Waals surface area contributed by atoms with Crippen molar-refractivity contribution < 1.29 is 14.7 Å². The van der Waals surface area contributed by atoms with Crippen molar-refractivity contribution in [2.45, 2.75) is 46.2 Å². The van der Waals surface area contributed by atoms with Crippen LogP contribution in [0.3, 0.4) is 0 Å². The maximum atomic E-state index is 13.6. The first kappa shape index (κ1) is 34.1. The average molecular weight is 686 g/mol. The van der Waals surface area contributed by atoms with Gasteiger partial charge < -0.3 is 20.3 Å². The molecule has 5 aromatic rings. The van der Waals surface area contributed by atoms with Crippen molar-refractivity contribution in [2.75, 3.05) is 36.8 Å². The zero-order valence-corrected chi connectivity index (χ0v) is 29.3. The minimum atomic E-state index is -0.734. The third-order valence-electron chi connectivity index (χ3n) is 10.2. The summed E-state index contributed by atoms with van der Waals surface area (Å²) in [6, 6.07) is 17.6. The van der Waals surface area contributed by atoms with Crippen LogP contribution in [-0.2, 0) is 24.9 Å². The van der Waals surface area contributed by atoms with Crippen molar-refractivity contribution in [3.63, 3.8) is 0 Å². The number of fused-ring (bicyclic) bond motifs is 1. The van der Waals surface area contributed by atoms with E-state index in [4.69, 9.17) is 4.98 Å². The molecule has 0 spiro atoms. The fraction of sp³-hybridized carbons (Fsp3) is 0.325. The van der Waals surface area contributed by atoms with Gasteiger partial charge in [-0.25, -0.2) is 4.98 Å². The number of aliphatic carboxylic acids is 1. The molecule has 2 aliphatic heterocycles. The van der Waals surface area contributed by atoms with E-state index in [9.17, 15) is 19.5 Å². The third-order valence-corrected chi connectivity index (χ3v) is 10.2. The van der Waals surface area contributed by atoms with Crippen LogP contribution in [0.15, 0.2) is 78.0 Å². The molecule has 3 N–H and O–H groups in total. The number of hydrogen-bond acceptors (Lipinski definition) is 8. The predicted molar refractivity (Wildman–Crippen MR) is 199 cm³/mol. The Morgan fingerprint density at radius 1 is 0.882 bits per heavy atom. The standard InChI is InChI=1S/C40H43N7O4/c1-25-31(32-9-7-11-35(26(32)2)44-38(48)33-19-28(21-45(3)39(33)49)23-46-15-4-5-16-46)8-6-10-34(25)43-37-36-29(12-14-41-37)18-27(20-42-36)22-47-17-13-30(24-47)40(50)51/h6-12,14,18-21,30H,4-5,13,15-17,22-24H2,1-3H3,(H,41,43)(H,44,48)(H,50,51)/t30-/m1/s1. The van der Waals surface area contributed by atoms with Crippen LogP contribution in [0.1, 0.15) is 51.9 Å². The number of aromatic nitrogens is 3. The Morgan fingerprint density at radius 3 is 2.31 bits per heavy atom. The number of anilines is 3. The van der Waals surface area contributed by atoms with Crippen LogP contribution in [0.25, 0.3) is 22.0 Å². The minimum absolute atomic E-state index is 0.132. The van der Waals surface area contributed by atoms with E-state index in [2.05, 4.69) is 44.5 Å². The molecule has 1 atom stereocenters. The van der Waals surface area contributed by atoms with Gasteiger partial charge in [-0.05, 0) is 116 Å². The molecule has 2 fully saturated rings. The van der Waals surface area contributed by atoms with E-state index in [0.29, 0.717) is 37.6 Å². The number of carbonyl (C=O) groups is 2. The number of hydrogen-bond donors (Lipinski definition) is 3. The van der Waals surface area contributed by atoms with Gasteiger partial charge in [0.1, 0.15) is 11.1 Å². The van der Waals surface area contributed by atoms with Gasteiger partial charge >= 0.3 is 5.97 Å². The summed E-state index contributed by atoms with van der Waals surface area (Å²) in [7, 11) is 1.69. The number of pyridine rings is 3. The van der Waals surface area contributed by atoms with Gasteiger partial charge in [-0.3, -0.25) is 29.2 Å². The number of carbonyl (C=O) groups excluding carboxylic acids is 1. The van der Waals surface area contributed by atoms with Crippen molar-refractivity contribution in [3.8, 4) is 11.1 Å². The first-order valence-corrected chi connectivity index (χ1v) is 17.5. The molecule has 11 nitrogen and oxygen atoms in total. The maximum Gasteiger partial charge on any atom is 0.307 e. The molecule has 51 heavy (non-hydrogen) atoms. The lowest BCUT2D eigenvalue weighted by molar-refractivity contribution is -0.141. The molecule has 3 aromatic heterocycles. The van der Waals surface area contributed by atoms with Crippen LogP contribution in [0.5, 0.6) is 0 Å². The van der Waals surface area contributed by atoms with Crippen LogP contribution in [0.2, 0.25) is 0 Å². The highest BCUT2D eigenvalue weighted by molar-refractivity contribution is 6.05. The summed E-state index contributed by atoms with van der Waals surface area (Å²) in [6.07, 6.45) is 8.43. The molecule has 7 rings (SSSR count). The van der Waals surface area contributed by atoms with Gasteiger partial charge in [-0.1, -0.05) is 24.3 Å².